The van der Waals surface area contributed by atoms with Gasteiger partial charge in [-0.25, -0.2) is 4.39 Å². The first-order valence-electron chi connectivity index (χ1n) is 14.7. The molecule has 4 rings (SSSR count). The molecule has 2 aromatic heterocycles. The zero-order valence-electron chi connectivity index (χ0n) is 26.9. The number of halogens is 4. The minimum absolute atomic E-state index is 0.191. The SMILES string of the molecule is CC(C)c1nc2c(c(C3=CCOCC3)c1C(O)c1ncc(C(F)(F)F)cc1F)C(O)CC(C)(C)C2.CCC(C)(C)C.CS. The topological polar surface area (TPSA) is 75.5 Å². The van der Waals surface area contributed by atoms with Gasteiger partial charge in [-0.15, -0.1) is 0 Å². The van der Waals surface area contributed by atoms with Crippen LogP contribution >= 0.6 is 12.6 Å². The highest BCUT2D eigenvalue weighted by Gasteiger charge is 2.39. The predicted molar refractivity (Wildman–Crippen MR) is 167 cm³/mol. The maximum Gasteiger partial charge on any atom is 0.417 e. The Morgan fingerprint density at radius 2 is 1.74 bits per heavy atom. The monoisotopic (exact) mass is 628 g/mol. The van der Waals surface area contributed by atoms with Crippen molar-refractivity contribution in [2.45, 2.75) is 105 Å². The van der Waals surface area contributed by atoms with Gasteiger partial charge in [-0.3, -0.25) is 9.97 Å². The van der Waals surface area contributed by atoms with Crippen molar-refractivity contribution in [2.24, 2.45) is 10.8 Å². The summed E-state index contributed by atoms with van der Waals surface area (Å²) in [6.45, 7) is 17.6. The fraction of sp³-hybridized carbons (Fsp3) is 0.636. The van der Waals surface area contributed by atoms with E-state index < -0.39 is 35.5 Å². The Hall–Kier alpha value is -2.01. The highest BCUT2D eigenvalue weighted by molar-refractivity contribution is 7.79. The second-order valence-electron chi connectivity index (χ2n) is 13.3. The van der Waals surface area contributed by atoms with Gasteiger partial charge in [0.05, 0.1) is 30.6 Å². The van der Waals surface area contributed by atoms with E-state index in [0.717, 1.165) is 11.3 Å². The van der Waals surface area contributed by atoms with Gasteiger partial charge >= 0.3 is 6.18 Å². The lowest BCUT2D eigenvalue weighted by Crippen LogP contribution is -2.30. The van der Waals surface area contributed by atoms with E-state index in [9.17, 15) is 27.8 Å². The van der Waals surface area contributed by atoms with E-state index in [1.165, 1.54) is 6.42 Å². The number of ether oxygens (including phenoxy) is 1. The minimum atomic E-state index is -4.76. The summed E-state index contributed by atoms with van der Waals surface area (Å²) in [6, 6.07) is 0.344. The molecule has 0 saturated heterocycles. The van der Waals surface area contributed by atoms with E-state index in [1.807, 2.05) is 33.8 Å². The molecule has 3 heterocycles. The molecule has 2 aliphatic rings. The summed E-state index contributed by atoms with van der Waals surface area (Å²) in [6.07, 6.45) is -0.356. The summed E-state index contributed by atoms with van der Waals surface area (Å²) in [5.41, 5.74) is 2.10. The number of aliphatic hydroxyl groups is 2. The summed E-state index contributed by atoms with van der Waals surface area (Å²) >= 11 is 3.53. The predicted octanol–water partition coefficient (Wildman–Crippen LogP) is 8.64. The standard InChI is InChI=1S/C26H30F4N2O3.C6H14.CH4S/c1-13(2)22-21(24(34)23-16(27)9-15(12-31-23)26(28,29)30)19(14-5-7-35-8-6-14)20-17(32-22)10-25(3,4)11-18(20)33;1-5-6(2,3)4;1-2/h5,9,12-13,18,24,33-34H,6-8,10-11H2,1-4H3;5H2,1-4H3;2H,1H3. The Morgan fingerprint density at radius 3 is 2.21 bits per heavy atom. The number of fused-ring (bicyclic) bond motifs is 1. The zero-order chi connectivity index (χ0) is 32.9. The van der Waals surface area contributed by atoms with Crippen LogP contribution in [0.4, 0.5) is 17.6 Å². The van der Waals surface area contributed by atoms with Crippen LogP contribution in [0.3, 0.4) is 0 Å². The molecule has 2 N–H and O–H groups in total. The number of hydrogen-bond donors (Lipinski definition) is 3. The van der Waals surface area contributed by atoms with E-state index in [0.29, 0.717) is 67.0 Å². The quantitative estimate of drug-likeness (QED) is 0.234. The van der Waals surface area contributed by atoms with Crippen molar-refractivity contribution in [2.75, 3.05) is 19.5 Å². The smallest absolute Gasteiger partial charge is 0.388 e. The van der Waals surface area contributed by atoms with E-state index >= 15 is 0 Å². The molecular weight excluding hydrogens is 580 g/mol. The summed E-state index contributed by atoms with van der Waals surface area (Å²) in [4.78, 5) is 8.52. The summed E-state index contributed by atoms with van der Waals surface area (Å²) in [5.74, 6) is -1.45. The third-order valence-corrected chi connectivity index (χ3v) is 7.73. The van der Waals surface area contributed by atoms with Crippen LogP contribution < -0.4 is 0 Å². The van der Waals surface area contributed by atoms with Gasteiger partial charge in [0.1, 0.15) is 17.6 Å². The van der Waals surface area contributed by atoms with Crippen molar-refractivity contribution in [1.82, 2.24) is 9.97 Å². The van der Waals surface area contributed by atoms with Crippen molar-refractivity contribution in [3.8, 4) is 0 Å². The summed E-state index contributed by atoms with van der Waals surface area (Å²) in [7, 11) is 0. The Kier molecular flexibility index (Phi) is 12.8. The van der Waals surface area contributed by atoms with Crippen molar-refractivity contribution in [3.63, 3.8) is 0 Å². The van der Waals surface area contributed by atoms with Crippen molar-refractivity contribution in [3.05, 3.63) is 63.5 Å². The minimum Gasteiger partial charge on any atom is -0.388 e. The van der Waals surface area contributed by atoms with Gasteiger partial charge in [-0.05, 0) is 59.5 Å². The van der Waals surface area contributed by atoms with Crippen LogP contribution in [0, 0.1) is 16.6 Å². The molecule has 0 aromatic carbocycles. The lowest BCUT2D eigenvalue weighted by atomic mass is 9.71. The van der Waals surface area contributed by atoms with E-state index in [4.69, 9.17) is 9.72 Å². The highest BCUT2D eigenvalue weighted by Crippen LogP contribution is 2.48. The number of hydrogen-bond acceptors (Lipinski definition) is 6. The highest BCUT2D eigenvalue weighted by atomic mass is 32.1. The van der Waals surface area contributed by atoms with Crippen LogP contribution in [-0.2, 0) is 17.3 Å². The molecular formula is C33H48F4N2O3S. The molecule has 0 spiro atoms. The number of alkyl halides is 3. The molecule has 5 nitrogen and oxygen atoms in total. The van der Waals surface area contributed by atoms with E-state index in [2.05, 4.69) is 45.3 Å². The average Bonchev–Trinajstić information content (AvgIpc) is 2.92. The first-order valence-corrected chi connectivity index (χ1v) is 15.6. The van der Waals surface area contributed by atoms with Gasteiger partial charge in [0, 0.05) is 23.0 Å². The number of aromatic nitrogens is 2. The largest absolute Gasteiger partial charge is 0.417 e. The Morgan fingerprint density at radius 1 is 1.14 bits per heavy atom. The fourth-order valence-corrected chi connectivity index (χ4v) is 5.09. The molecule has 43 heavy (non-hydrogen) atoms. The first-order chi connectivity index (χ1) is 19.9. The molecule has 0 fully saturated rings. The van der Waals surface area contributed by atoms with Gasteiger partial charge in [-0.2, -0.15) is 25.8 Å². The summed E-state index contributed by atoms with van der Waals surface area (Å²) < 4.78 is 59.6. The van der Waals surface area contributed by atoms with Crippen molar-refractivity contribution < 1.29 is 32.5 Å². The molecule has 0 bridgehead atoms. The zero-order valence-corrected chi connectivity index (χ0v) is 27.8. The maximum atomic E-state index is 14.9. The Balaban J connectivity index is 0.000000720. The van der Waals surface area contributed by atoms with Crippen molar-refractivity contribution in [1.29, 1.82) is 0 Å². The number of pyridine rings is 2. The molecule has 242 valence electrons. The lowest BCUT2D eigenvalue weighted by Gasteiger charge is -2.38. The second-order valence-corrected chi connectivity index (χ2v) is 13.3. The molecule has 1 aliphatic carbocycles. The molecule has 2 aromatic rings. The van der Waals surface area contributed by atoms with E-state index in [-0.39, 0.29) is 16.9 Å². The van der Waals surface area contributed by atoms with Crippen LogP contribution in [0.1, 0.15) is 132 Å². The van der Waals surface area contributed by atoms with Crippen LogP contribution in [-0.4, -0.2) is 39.7 Å². The third kappa shape index (κ3) is 9.49. The fourth-order valence-electron chi connectivity index (χ4n) is 5.09. The van der Waals surface area contributed by atoms with Gasteiger partial charge in [0.15, 0.2) is 0 Å². The molecule has 1 aliphatic heterocycles. The third-order valence-electron chi connectivity index (χ3n) is 7.73. The average molecular weight is 629 g/mol. The molecule has 0 saturated carbocycles. The van der Waals surface area contributed by atoms with Gasteiger partial charge in [0.2, 0.25) is 0 Å². The van der Waals surface area contributed by atoms with Crippen LogP contribution in [0.5, 0.6) is 0 Å². The number of rotatable bonds is 4. The van der Waals surface area contributed by atoms with Crippen molar-refractivity contribution >= 4 is 18.2 Å². The second kappa shape index (κ2) is 14.8. The number of thiol groups is 1. The van der Waals surface area contributed by atoms with Crippen LogP contribution in [0.25, 0.3) is 5.57 Å². The van der Waals surface area contributed by atoms with Crippen LogP contribution in [0.15, 0.2) is 18.3 Å². The maximum absolute atomic E-state index is 14.9. The van der Waals surface area contributed by atoms with E-state index in [1.54, 1.807) is 6.26 Å². The first kappa shape index (κ1) is 37.2. The van der Waals surface area contributed by atoms with Gasteiger partial charge in [-0.1, -0.05) is 67.9 Å². The molecule has 10 heteroatoms. The summed E-state index contributed by atoms with van der Waals surface area (Å²) in [5, 5.41) is 22.6. The molecule has 2 unspecified atom stereocenters. The Bertz CT molecular complexity index is 1270. The Labute approximate surface area is 259 Å². The van der Waals surface area contributed by atoms with Gasteiger partial charge in [0.25, 0.3) is 0 Å². The van der Waals surface area contributed by atoms with Crippen LogP contribution in [0.2, 0.25) is 0 Å². The van der Waals surface area contributed by atoms with Gasteiger partial charge < -0.3 is 14.9 Å². The lowest BCUT2D eigenvalue weighted by molar-refractivity contribution is -0.138. The molecule has 0 radical (unpaired) electrons. The molecule has 2 atom stereocenters. The number of nitrogens with zero attached hydrogens (tertiary/aromatic N) is 2. The molecule has 0 amide bonds. The number of aliphatic hydroxyl groups excluding tert-OH is 2. The normalized spacial score (nSPS) is 18.9.